The fourth-order valence-corrected chi connectivity index (χ4v) is 5.71. The molecule has 4 saturated carbocycles. The minimum Gasteiger partial charge on any atom is -0.461 e. The molecule has 0 saturated heterocycles. The van der Waals surface area contributed by atoms with Crippen LogP contribution in [0.15, 0.2) is 11.9 Å². The number of ether oxygens (including phenoxy) is 1. The Morgan fingerprint density at radius 2 is 1.70 bits per heavy atom. The molecule has 27 heavy (non-hydrogen) atoms. The molecule has 4 fully saturated rings. The first-order valence-electron chi connectivity index (χ1n) is 10.6. The molecular weight excluding hydrogens is 347 g/mol. The van der Waals surface area contributed by atoms with Crippen LogP contribution in [0.3, 0.4) is 0 Å². The summed E-state index contributed by atoms with van der Waals surface area (Å²) in [4.78, 5) is 23.4. The number of amides is 2. The van der Waals surface area contributed by atoms with Gasteiger partial charge in [-0.05, 0) is 88.5 Å². The number of unbranched alkanes of at least 4 members (excludes halogenated alkanes) is 3. The van der Waals surface area contributed by atoms with Crippen LogP contribution < -0.4 is 10.6 Å². The second-order valence-corrected chi connectivity index (χ2v) is 8.70. The summed E-state index contributed by atoms with van der Waals surface area (Å²) in [5.74, 6) is 0.754. The Morgan fingerprint density at radius 3 is 2.30 bits per heavy atom. The molecule has 4 rings (SSSR count). The van der Waals surface area contributed by atoms with E-state index in [0.29, 0.717) is 13.0 Å². The van der Waals surface area contributed by atoms with Crippen LogP contribution in [-0.4, -0.2) is 30.7 Å². The van der Waals surface area contributed by atoms with Gasteiger partial charge in [0.2, 0.25) is 5.83 Å². The smallest absolute Gasteiger partial charge is 0.366 e. The maximum absolute atomic E-state index is 13.3. The van der Waals surface area contributed by atoms with E-state index in [0.717, 1.165) is 56.3 Å². The van der Waals surface area contributed by atoms with Crippen molar-refractivity contribution in [3.05, 3.63) is 11.9 Å². The lowest BCUT2D eigenvalue weighted by atomic mass is 9.53. The van der Waals surface area contributed by atoms with Crippen LogP contribution in [0.5, 0.6) is 0 Å². The zero-order chi connectivity index (χ0) is 19.3. The molecule has 0 spiro atoms. The largest absolute Gasteiger partial charge is 0.461 e. The van der Waals surface area contributed by atoms with Gasteiger partial charge in [-0.3, -0.25) is 0 Å². The van der Waals surface area contributed by atoms with Crippen molar-refractivity contribution >= 4 is 12.0 Å². The first kappa shape index (κ1) is 20.2. The van der Waals surface area contributed by atoms with E-state index in [1.165, 1.54) is 25.3 Å². The highest BCUT2D eigenvalue weighted by Crippen LogP contribution is 2.55. The standard InChI is InChI=1S/C21H33FN2O3/c1-2-27-19(25)18(22)7-5-3-4-6-8-23-20(26)24-21-12-15-9-16(13-21)11-17(10-15)14-21/h7,15-17H,2-6,8-14H2,1H3,(H2,23,24,26). The molecule has 0 aromatic rings. The topological polar surface area (TPSA) is 67.4 Å². The normalized spacial score (nSPS) is 31.6. The molecule has 0 radical (unpaired) electrons. The van der Waals surface area contributed by atoms with Crippen LogP contribution in [0.4, 0.5) is 9.18 Å². The van der Waals surface area contributed by atoms with Crippen molar-refractivity contribution in [2.75, 3.05) is 13.2 Å². The molecular formula is C21H33FN2O3. The second kappa shape index (κ2) is 9.07. The number of hydrogen-bond donors (Lipinski definition) is 2. The summed E-state index contributed by atoms with van der Waals surface area (Å²) in [6.07, 6.45) is 11.9. The first-order valence-corrected chi connectivity index (χ1v) is 10.6. The molecule has 0 aromatic heterocycles. The van der Waals surface area contributed by atoms with Gasteiger partial charge < -0.3 is 15.4 Å². The molecule has 6 heteroatoms. The molecule has 4 bridgehead atoms. The van der Waals surface area contributed by atoms with E-state index in [9.17, 15) is 14.0 Å². The van der Waals surface area contributed by atoms with Gasteiger partial charge in [0.25, 0.3) is 0 Å². The van der Waals surface area contributed by atoms with Crippen molar-refractivity contribution in [3.63, 3.8) is 0 Å². The monoisotopic (exact) mass is 380 g/mol. The van der Waals surface area contributed by atoms with Gasteiger partial charge in [-0.15, -0.1) is 0 Å². The summed E-state index contributed by atoms with van der Waals surface area (Å²) < 4.78 is 17.9. The Labute approximate surface area is 161 Å². The molecule has 0 aliphatic heterocycles. The SMILES string of the molecule is CCOC(=O)C(F)=CCCCCCNC(=O)NC12CC3CC(CC(C3)C1)C2. The third-order valence-electron chi connectivity index (χ3n) is 6.38. The van der Waals surface area contributed by atoms with Crippen LogP contribution in [0.2, 0.25) is 0 Å². The van der Waals surface area contributed by atoms with Crippen LogP contribution in [-0.2, 0) is 9.53 Å². The maximum Gasteiger partial charge on any atom is 0.366 e. The highest BCUT2D eigenvalue weighted by atomic mass is 19.1. The van der Waals surface area contributed by atoms with E-state index in [1.807, 2.05) is 0 Å². The average Bonchev–Trinajstić information content (AvgIpc) is 2.59. The highest BCUT2D eigenvalue weighted by molar-refractivity contribution is 5.85. The second-order valence-electron chi connectivity index (χ2n) is 8.70. The molecule has 0 aromatic carbocycles. The maximum atomic E-state index is 13.3. The minimum absolute atomic E-state index is 0.0369. The molecule has 2 amide bonds. The summed E-state index contributed by atoms with van der Waals surface area (Å²) in [6.45, 7) is 2.46. The summed E-state index contributed by atoms with van der Waals surface area (Å²) in [6, 6.07) is -0.0369. The van der Waals surface area contributed by atoms with E-state index >= 15 is 0 Å². The average molecular weight is 381 g/mol. The Hall–Kier alpha value is -1.59. The number of hydrogen-bond acceptors (Lipinski definition) is 3. The number of halogens is 1. The van der Waals surface area contributed by atoms with Gasteiger partial charge in [-0.2, -0.15) is 4.39 Å². The first-order chi connectivity index (χ1) is 13.0. The Bertz CT molecular complexity index is 540. The summed E-state index contributed by atoms with van der Waals surface area (Å²) in [5, 5.41) is 6.28. The van der Waals surface area contributed by atoms with Crippen LogP contribution in [0.1, 0.15) is 71.1 Å². The van der Waals surface area contributed by atoms with E-state index in [1.54, 1.807) is 6.92 Å². The van der Waals surface area contributed by atoms with E-state index in [2.05, 4.69) is 15.4 Å². The summed E-state index contributed by atoms with van der Waals surface area (Å²) >= 11 is 0. The lowest BCUT2D eigenvalue weighted by Crippen LogP contribution is -2.61. The predicted octanol–water partition coefficient (Wildman–Crippen LogP) is 4.23. The lowest BCUT2D eigenvalue weighted by molar-refractivity contribution is -0.140. The summed E-state index contributed by atoms with van der Waals surface area (Å²) in [5.41, 5.74) is 0.0499. The van der Waals surface area contributed by atoms with E-state index < -0.39 is 11.8 Å². The third kappa shape index (κ3) is 5.45. The fourth-order valence-electron chi connectivity index (χ4n) is 5.71. The van der Waals surface area contributed by atoms with Crippen molar-refractivity contribution in [2.24, 2.45) is 17.8 Å². The number of carbonyl (C=O) groups excluding carboxylic acids is 2. The zero-order valence-electron chi connectivity index (χ0n) is 16.4. The molecule has 4 aliphatic rings. The van der Waals surface area contributed by atoms with E-state index in [4.69, 9.17) is 0 Å². The molecule has 0 heterocycles. The quantitative estimate of drug-likeness (QED) is 0.357. The Kier molecular flexibility index (Phi) is 6.77. The lowest BCUT2D eigenvalue weighted by Gasteiger charge is -2.56. The van der Waals surface area contributed by atoms with Gasteiger partial charge in [0.15, 0.2) is 0 Å². The number of rotatable bonds is 9. The van der Waals surface area contributed by atoms with Crippen LogP contribution in [0.25, 0.3) is 0 Å². The van der Waals surface area contributed by atoms with Gasteiger partial charge >= 0.3 is 12.0 Å². The van der Waals surface area contributed by atoms with Gasteiger partial charge in [-0.1, -0.05) is 6.42 Å². The molecule has 0 unspecified atom stereocenters. The van der Waals surface area contributed by atoms with Crippen molar-refractivity contribution < 1.29 is 18.7 Å². The number of allylic oxidation sites excluding steroid dienone is 1. The molecule has 5 nitrogen and oxygen atoms in total. The van der Waals surface area contributed by atoms with Crippen LogP contribution in [0, 0.1) is 17.8 Å². The summed E-state index contributed by atoms with van der Waals surface area (Å²) in [7, 11) is 0. The Balaban J connectivity index is 1.27. The molecule has 152 valence electrons. The van der Waals surface area contributed by atoms with Crippen molar-refractivity contribution in [2.45, 2.75) is 76.7 Å². The number of urea groups is 1. The van der Waals surface area contributed by atoms with Gasteiger partial charge in [0, 0.05) is 12.1 Å². The van der Waals surface area contributed by atoms with Crippen molar-refractivity contribution in [1.29, 1.82) is 0 Å². The zero-order valence-corrected chi connectivity index (χ0v) is 16.4. The van der Waals surface area contributed by atoms with Gasteiger partial charge in [-0.25, -0.2) is 9.59 Å². The minimum atomic E-state index is -0.888. The molecule has 2 N–H and O–H groups in total. The molecule has 0 atom stereocenters. The van der Waals surface area contributed by atoms with E-state index in [-0.39, 0.29) is 18.2 Å². The molecule has 4 aliphatic carbocycles. The van der Waals surface area contributed by atoms with Crippen molar-refractivity contribution in [3.8, 4) is 0 Å². The van der Waals surface area contributed by atoms with Crippen molar-refractivity contribution in [1.82, 2.24) is 10.6 Å². The van der Waals surface area contributed by atoms with Gasteiger partial charge in [0.1, 0.15) is 0 Å². The Morgan fingerprint density at radius 1 is 1.07 bits per heavy atom. The number of nitrogens with one attached hydrogen (secondary N) is 2. The number of carbonyl (C=O) groups is 2. The number of esters is 1. The predicted molar refractivity (Wildman–Crippen MR) is 102 cm³/mol. The third-order valence-corrected chi connectivity index (χ3v) is 6.38. The fraction of sp³-hybridized carbons (Fsp3) is 0.810. The van der Waals surface area contributed by atoms with Gasteiger partial charge in [0.05, 0.1) is 6.61 Å². The highest BCUT2D eigenvalue weighted by Gasteiger charge is 2.51. The van der Waals surface area contributed by atoms with Crippen LogP contribution >= 0.6 is 0 Å².